The van der Waals surface area contributed by atoms with E-state index in [2.05, 4.69) is 15.5 Å². The van der Waals surface area contributed by atoms with Gasteiger partial charge in [0, 0.05) is 12.2 Å². The molecule has 2 N–H and O–H groups in total. The number of amides is 1. The molecule has 88 valence electrons. The molecule has 0 saturated heterocycles. The maximum atomic E-state index is 11.3. The average molecular weight is 221 g/mol. The van der Waals surface area contributed by atoms with Gasteiger partial charge in [-0.1, -0.05) is 12.1 Å². The number of hydrogen-bond donors (Lipinski definition) is 2. The van der Waals surface area contributed by atoms with Gasteiger partial charge < -0.3 is 15.5 Å². The molecule has 0 radical (unpaired) electrons. The van der Waals surface area contributed by atoms with Gasteiger partial charge in [-0.25, -0.2) is 0 Å². The van der Waals surface area contributed by atoms with E-state index in [1.807, 2.05) is 38.4 Å². The van der Waals surface area contributed by atoms with Gasteiger partial charge in [0.2, 0.25) is 5.91 Å². The minimum Gasteiger partial charge on any atom is -0.325 e. The van der Waals surface area contributed by atoms with Crippen molar-refractivity contribution in [3.05, 3.63) is 29.8 Å². The zero-order valence-electron chi connectivity index (χ0n) is 10.1. The number of hydrogen-bond acceptors (Lipinski definition) is 3. The van der Waals surface area contributed by atoms with Crippen LogP contribution >= 0.6 is 0 Å². The van der Waals surface area contributed by atoms with Gasteiger partial charge in [0.15, 0.2) is 0 Å². The van der Waals surface area contributed by atoms with Crippen LogP contribution in [0.2, 0.25) is 0 Å². The van der Waals surface area contributed by atoms with Gasteiger partial charge in [0.1, 0.15) is 0 Å². The maximum Gasteiger partial charge on any atom is 0.238 e. The summed E-state index contributed by atoms with van der Waals surface area (Å²) in [6.07, 6.45) is 0. The number of nitrogens with one attached hydrogen (secondary N) is 2. The van der Waals surface area contributed by atoms with Crippen LogP contribution in [0.1, 0.15) is 5.56 Å². The van der Waals surface area contributed by atoms with Crippen molar-refractivity contribution in [3.63, 3.8) is 0 Å². The second-order valence-corrected chi connectivity index (χ2v) is 4.01. The highest BCUT2D eigenvalue weighted by atomic mass is 16.1. The lowest BCUT2D eigenvalue weighted by atomic mass is 10.2. The molecular weight excluding hydrogens is 202 g/mol. The first-order valence-electron chi connectivity index (χ1n) is 5.30. The van der Waals surface area contributed by atoms with Gasteiger partial charge in [-0.2, -0.15) is 0 Å². The van der Waals surface area contributed by atoms with Crippen LogP contribution in [0.3, 0.4) is 0 Å². The number of nitrogens with zero attached hydrogens (tertiary/aromatic N) is 1. The van der Waals surface area contributed by atoms with Crippen LogP contribution in [-0.4, -0.2) is 38.5 Å². The van der Waals surface area contributed by atoms with Crippen molar-refractivity contribution in [2.45, 2.75) is 6.54 Å². The van der Waals surface area contributed by atoms with E-state index < -0.39 is 0 Å². The molecule has 4 nitrogen and oxygen atoms in total. The Kier molecular flexibility index (Phi) is 4.95. The molecule has 0 unspecified atom stereocenters. The number of benzene rings is 1. The Balaban J connectivity index is 2.54. The smallest absolute Gasteiger partial charge is 0.238 e. The van der Waals surface area contributed by atoms with Crippen LogP contribution in [0.25, 0.3) is 0 Å². The lowest BCUT2D eigenvalue weighted by molar-refractivity contribution is -0.115. The molecule has 0 fully saturated rings. The topological polar surface area (TPSA) is 44.4 Å². The molecule has 0 aromatic heterocycles. The van der Waals surface area contributed by atoms with E-state index in [4.69, 9.17) is 0 Å². The summed E-state index contributed by atoms with van der Waals surface area (Å²) in [5.74, 6) is -0.0251. The van der Waals surface area contributed by atoms with Crippen molar-refractivity contribution < 1.29 is 4.79 Å². The van der Waals surface area contributed by atoms with Gasteiger partial charge in [0.05, 0.1) is 6.54 Å². The molecule has 0 aliphatic rings. The summed E-state index contributed by atoms with van der Waals surface area (Å²) < 4.78 is 0. The summed E-state index contributed by atoms with van der Waals surface area (Å²) in [5.41, 5.74) is 2.07. The van der Waals surface area contributed by atoms with Crippen LogP contribution in [0.5, 0.6) is 0 Å². The normalized spacial score (nSPS) is 10.5. The third kappa shape index (κ3) is 4.42. The Hall–Kier alpha value is -1.39. The van der Waals surface area contributed by atoms with Gasteiger partial charge >= 0.3 is 0 Å². The molecule has 4 heteroatoms. The Bertz CT molecular complexity index is 333. The largest absolute Gasteiger partial charge is 0.325 e. The summed E-state index contributed by atoms with van der Waals surface area (Å²) in [6, 6.07) is 7.89. The number of rotatable bonds is 5. The molecule has 0 spiro atoms. The van der Waals surface area contributed by atoms with Crippen LogP contribution in [-0.2, 0) is 11.3 Å². The van der Waals surface area contributed by atoms with Crippen LogP contribution in [0.4, 0.5) is 5.69 Å². The molecule has 0 saturated carbocycles. The molecule has 0 bridgehead atoms. The lowest BCUT2D eigenvalue weighted by Crippen LogP contribution is -2.25. The van der Waals surface area contributed by atoms with E-state index in [0.29, 0.717) is 6.54 Å². The summed E-state index contributed by atoms with van der Waals surface area (Å²) in [4.78, 5) is 13.4. The number of carbonyl (C=O) groups is 1. The molecule has 16 heavy (non-hydrogen) atoms. The van der Waals surface area contributed by atoms with Crippen molar-refractivity contribution in [1.29, 1.82) is 0 Å². The fraction of sp³-hybridized carbons (Fsp3) is 0.417. The number of carbonyl (C=O) groups excluding carboxylic acids is 1. The molecule has 1 amide bonds. The monoisotopic (exact) mass is 221 g/mol. The van der Waals surface area contributed by atoms with E-state index >= 15 is 0 Å². The maximum absolute atomic E-state index is 11.3. The third-order valence-corrected chi connectivity index (χ3v) is 2.07. The second kappa shape index (κ2) is 6.25. The van der Waals surface area contributed by atoms with Crippen LogP contribution in [0, 0.1) is 0 Å². The fourth-order valence-electron chi connectivity index (χ4n) is 1.42. The van der Waals surface area contributed by atoms with E-state index in [-0.39, 0.29) is 5.91 Å². The SMILES string of the molecule is CNCC(=O)Nc1ccc(CN(C)C)cc1. The zero-order chi connectivity index (χ0) is 12.0. The number of likely N-dealkylation sites (N-methyl/N-ethyl adjacent to an activating group) is 1. The van der Waals surface area contributed by atoms with Crippen molar-refractivity contribution in [1.82, 2.24) is 10.2 Å². The highest BCUT2D eigenvalue weighted by Gasteiger charge is 2.00. The molecule has 1 aromatic carbocycles. The molecule has 0 atom stereocenters. The molecule has 1 aromatic rings. The van der Waals surface area contributed by atoms with Gasteiger partial charge in [-0.05, 0) is 38.8 Å². The minimum atomic E-state index is -0.0251. The lowest BCUT2D eigenvalue weighted by Gasteiger charge is -2.10. The Morgan fingerprint density at radius 2 is 1.88 bits per heavy atom. The fourth-order valence-corrected chi connectivity index (χ4v) is 1.42. The van der Waals surface area contributed by atoms with E-state index in [0.717, 1.165) is 12.2 Å². The first kappa shape index (κ1) is 12.7. The van der Waals surface area contributed by atoms with Gasteiger partial charge in [-0.3, -0.25) is 4.79 Å². The van der Waals surface area contributed by atoms with Gasteiger partial charge in [0.25, 0.3) is 0 Å². The first-order valence-corrected chi connectivity index (χ1v) is 5.30. The van der Waals surface area contributed by atoms with Gasteiger partial charge in [-0.15, -0.1) is 0 Å². The zero-order valence-corrected chi connectivity index (χ0v) is 10.1. The predicted molar refractivity (Wildman–Crippen MR) is 66.4 cm³/mol. The Labute approximate surface area is 96.6 Å². The van der Waals surface area contributed by atoms with Crippen molar-refractivity contribution in [2.24, 2.45) is 0 Å². The van der Waals surface area contributed by atoms with E-state index in [9.17, 15) is 4.79 Å². The standard InChI is InChI=1S/C12H19N3O/c1-13-8-12(16)14-11-6-4-10(5-7-11)9-15(2)3/h4-7,13H,8-9H2,1-3H3,(H,14,16). The predicted octanol–water partition coefficient (Wildman–Crippen LogP) is 0.906. The van der Waals surface area contributed by atoms with E-state index in [1.165, 1.54) is 5.56 Å². The summed E-state index contributed by atoms with van der Waals surface area (Å²) in [6.45, 7) is 1.24. The molecular formula is C12H19N3O. The second-order valence-electron chi connectivity index (χ2n) is 4.01. The van der Waals surface area contributed by atoms with Crippen molar-refractivity contribution in [3.8, 4) is 0 Å². The third-order valence-electron chi connectivity index (χ3n) is 2.07. The molecule has 0 aliphatic heterocycles. The highest BCUT2D eigenvalue weighted by molar-refractivity contribution is 5.92. The Morgan fingerprint density at radius 3 is 2.38 bits per heavy atom. The molecule has 1 rings (SSSR count). The first-order chi connectivity index (χ1) is 7.61. The highest BCUT2D eigenvalue weighted by Crippen LogP contribution is 2.10. The average Bonchev–Trinajstić information content (AvgIpc) is 2.20. The van der Waals surface area contributed by atoms with Crippen LogP contribution < -0.4 is 10.6 Å². The molecule has 0 heterocycles. The minimum absolute atomic E-state index is 0.0251. The summed E-state index contributed by atoms with van der Waals surface area (Å²) >= 11 is 0. The number of anilines is 1. The Morgan fingerprint density at radius 1 is 1.25 bits per heavy atom. The molecule has 0 aliphatic carbocycles. The summed E-state index contributed by atoms with van der Waals surface area (Å²) in [5, 5.41) is 5.61. The quantitative estimate of drug-likeness (QED) is 0.776. The van der Waals surface area contributed by atoms with Crippen LogP contribution in [0.15, 0.2) is 24.3 Å². The summed E-state index contributed by atoms with van der Waals surface area (Å²) in [7, 11) is 5.81. The van der Waals surface area contributed by atoms with Crippen molar-refractivity contribution in [2.75, 3.05) is 33.0 Å². The van der Waals surface area contributed by atoms with Crippen molar-refractivity contribution >= 4 is 11.6 Å². The van der Waals surface area contributed by atoms with E-state index in [1.54, 1.807) is 7.05 Å².